The standard InChI is InChI=1S/C26H26F3N7/c1-14-11-18(13-21(30-14)36-9-7-35(4)8-10-36)25-33-22(19-6-5-17(24(28)29)12-20(19)27)23-26(34-25)32-16(3)15(2)31-23/h5-6,11-13,24H,7-10H2,1-4H3. The third-order valence-electron chi connectivity index (χ3n) is 6.47. The topological polar surface area (TPSA) is 70.9 Å². The number of fused-ring (bicyclic) bond motifs is 1. The van der Waals surface area contributed by atoms with Crippen molar-refractivity contribution in [3.63, 3.8) is 0 Å². The van der Waals surface area contributed by atoms with Crippen LogP contribution < -0.4 is 4.90 Å². The lowest BCUT2D eigenvalue weighted by molar-refractivity contribution is 0.151. The molecule has 5 rings (SSSR count). The summed E-state index contributed by atoms with van der Waals surface area (Å²) in [5.74, 6) is 0.359. The molecule has 1 aliphatic heterocycles. The van der Waals surface area contributed by atoms with Crippen molar-refractivity contribution in [1.29, 1.82) is 0 Å². The van der Waals surface area contributed by atoms with Gasteiger partial charge in [-0.2, -0.15) is 0 Å². The van der Waals surface area contributed by atoms with E-state index in [1.54, 1.807) is 6.92 Å². The summed E-state index contributed by atoms with van der Waals surface area (Å²) in [6.45, 7) is 9.09. The summed E-state index contributed by atoms with van der Waals surface area (Å²) >= 11 is 0. The van der Waals surface area contributed by atoms with Crippen LogP contribution >= 0.6 is 0 Å². The summed E-state index contributed by atoms with van der Waals surface area (Å²) in [5.41, 5.74) is 3.36. The second-order valence-electron chi connectivity index (χ2n) is 9.15. The van der Waals surface area contributed by atoms with Crippen molar-refractivity contribution in [2.75, 3.05) is 38.1 Å². The molecule has 0 saturated carbocycles. The van der Waals surface area contributed by atoms with Crippen LogP contribution in [0.1, 0.15) is 29.1 Å². The Bertz CT molecular complexity index is 1450. The maximum Gasteiger partial charge on any atom is 0.263 e. The zero-order valence-electron chi connectivity index (χ0n) is 20.6. The van der Waals surface area contributed by atoms with E-state index in [0.29, 0.717) is 33.9 Å². The van der Waals surface area contributed by atoms with Crippen molar-refractivity contribution < 1.29 is 13.2 Å². The highest BCUT2D eigenvalue weighted by molar-refractivity contribution is 5.89. The van der Waals surface area contributed by atoms with E-state index in [-0.39, 0.29) is 11.3 Å². The molecule has 1 aliphatic rings. The molecule has 0 unspecified atom stereocenters. The zero-order chi connectivity index (χ0) is 25.6. The van der Waals surface area contributed by atoms with Crippen molar-refractivity contribution in [2.24, 2.45) is 0 Å². The minimum absolute atomic E-state index is 0.0654. The Morgan fingerprint density at radius 1 is 0.833 bits per heavy atom. The summed E-state index contributed by atoms with van der Waals surface area (Å²) in [4.78, 5) is 27.7. The lowest BCUT2D eigenvalue weighted by atomic mass is 10.1. The van der Waals surface area contributed by atoms with Gasteiger partial charge in [-0.15, -0.1) is 0 Å². The number of pyridine rings is 1. The van der Waals surface area contributed by atoms with Crippen molar-refractivity contribution in [2.45, 2.75) is 27.2 Å². The molecule has 0 amide bonds. The first-order chi connectivity index (χ1) is 17.2. The number of anilines is 1. The average molecular weight is 494 g/mol. The minimum Gasteiger partial charge on any atom is -0.354 e. The van der Waals surface area contributed by atoms with Crippen LogP contribution in [0.4, 0.5) is 19.0 Å². The number of hydrogen-bond acceptors (Lipinski definition) is 7. The van der Waals surface area contributed by atoms with E-state index in [0.717, 1.165) is 43.8 Å². The highest BCUT2D eigenvalue weighted by Gasteiger charge is 2.21. The fourth-order valence-corrected chi connectivity index (χ4v) is 4.27. The minimum atomic E-state index is -2.77. The van der Waals surface area contributed by atoms with Crippen molar-refractivity contribution in [1.82, 2.24) is 29.8 Å². The molecular weight excluding hydrogens is 467 g/mol. The molecule has 186 valence electrons. The van der Waals surface area contributed by atoms with Crippen LogP contribution in [0.5, 0.6) is 0 Å². The van der Waals surface area contributed by atoms with E-state index in [4.69, 9.17) is 9.97 Å². The number of aryl methyl sites for hydroxylation is 3. The summed E-state index contributed by atoms with van der Waals surface area (Å²) in [7, 11) is 2.09. The predicted molar refractivity (Wildman–Crippen MR) is 133 cm³/mol. The number of rotatable bonds is 4. The molecule has 4 heterocycles. The Labute approximate surface area is 207 Å². The zero-order valence-corrected chi connectivity index (χ0v) is 20.6. The molecule has 0 atom stereocenters. The lowest BCUT2D eigenvalue weighted by Crippen LogP contribution is -2.44. The molecule has 7 nitrogen and oxygen atoms in total. The molecular formula is C26H26F3N7. The Hall–Kier alpha value is -3.66. The van der Waals surface area contributed by atoms with Gasteiger partial charge >= 0.3 is 0 Å². The Kier molecular flexibility index (Phi) is 6.29. The smallest absolute Gasteiger partial charge is 0.263 e. The van der Waals surface area contributed by atoms with Crippen molar-refractivity contribution in [3.05, 3.63) is 58.8 Å². The first-order valence-corrected chi connectivity index (χ1v) is 11.7. The fraction of sp³-hybridized carbons (Fsp3) is 0.346. The fourth-order valence-electron chi connectivity index (χ4n) is 4.27. The van der Waals surface area contributed by atoms with Gasteiger partial charge in [-0.1, -0.05) is 6.07 Å². The normalized spacial score (nSPS) is 14.7. The quantitative estimate of drug-likeness (QED) is 0.400. The number of benzene rings is 1. The number of likely N-dealkylation sites (N-methyl/N-ethyl adjacent to an activating group) is 1. The second kappa shape index (κ2) is 9.42. The van der Waals surface area contributed by atoms with Crippen molar-refractivity contribution >= 4 is 17.0 Å². The van der Waals surface area contributed by atoms with Gasteiger partial charge in [0.05, 0.1) is 11.4 Å². The molecule has 1 aromatic carbocycles. The van der Waals surface area contributed by atoms with Crippen LogP contribution in [0.2, 0.25) is 0 Å². The number of aromatic nitrogens is 5. The molecule has 0 aliphatic carbocycles. The first kappa shape index (κ1) is 24.1. The van der Waals surface area contributed by atoms with Crippen LogP contribution in [0, 0.1) is 26.6 Å². The number of piperazine rings is 1. The van der Waals surface area contributed by atoms with Crippen LogP contribution in [-0.4, -0.2) is 63.0 Å². The summed E-state index contributed by atoms with van der Waals surface area (Å²) in [6, 6.07) is 7.15. The van der Waals surface area contributed by atoms with E-state index >= 15 is 4.39 Å². The highest BCUT2D eigenvalue weighted by Crippen LogP contribution is 2.32. The lowest BCUT2D eigenvalue weighted by Gasteiger charge is -2.33. The number of nitrogens with zero attached hydrogens (tertiary/aromatic N) is 7. The van der Waals surface area contributed by atoms with E-state index in [1.807, 2.05) is 26.0 Å². The van der Waals surface area contributed by atoms with Crippen LogP contribution in [0.3, 0.4) is 0 Å². The first-order valence-electron chi connectivity index (χ1n) is 11.7. The van der Waals surface area contributed by atoms with Gasteiger partial charge in [0.2, 0.25) is 0 Å². The molecule has 3 aromatic heterocycles. The third kappa shape index (κ3) is 4.60. The van der Waals surface area contributed by atoms with Gasteiger partial charge in [0.25, 0.3) is 6.43 Å². The van der Waals surface area contributed by atoms with Gasteiger partial charge in [0, 0.05) is 48.6 Å². The number of halogens is 3. The van der Waals surface area contributed by atoms with Gasteiger partial charge in [-0.3, -0.25) is 0 Å². The van der Waals surface area contributed by atoms with Gasteiger partial charge in [0.15, 0.2) is 11.5 Å². The van der Waals surface area contributed by atoms with E-state index in [2.05, 4.69) is 31.8 Å². The Balaban J connectivity index is 1.68. The van der Waals surface area contributed by atoms with Gasteiger partial charge in [0.1, 0.15) is 22.8 Å². The molecule has 1 fully saturated rings. The van der Waals surface area contributed by atoms with Crippen LogP contribution in [0.25, 0.3) is 33.8 Å². The monoisotopic (exact) mass is 493 g/mol. The molecule has 0 bridgehead atoms. The molecule has 1 saturated heterocycles. The van der Waals surface area contributed by atoms with Crippen LogP contribution in [0.15, 0.2) is 30.3 Å². The molecule has 0 N–H and O–H groups in total. The second-order valence-corrected chi connectivity index (χ2v) is 9.15. The summed E-state index contributed by atoms with van der Waals surface area (Å²) in [6.07, 6.45) is -2.77. The summed E-state index contributed by atoms with van der Waals surface area (Å²) in [5, 5.41) is 0. The molecule has 0 radical (unpaired) electrons. The largest absolute Gasteiger partial charge is 0.354 e. The van der Waals surface area contributed by atoms with E-state index < -0.39 is 17.8 Å². The Morgan fingerprint density at radius 2 is 1.56 bits per heavy atom. The SMILES string of the molecule is Cc1cc(-c2nc(-c3ccc(C(F)F)cc3F)c3nc(C)c(C)nc3n2)cc(N2CCN(C)CC2)n1. The Morgan fingerprint density at radius 3 is 2.25 bits per heavy atom. The maximum absolute atomic E-state index is 15.1. The predicted octanol–water partition coefficient (Wildman–Crippen LogP) is 4.90. The van der Waals surface area contributed by atoms with E-state index in [1.165, 1.54) is 12.1 Å². The van der Waals surface area contributed by atoms with Crippen molar-refractivity contribution in [3.8, 4) is 22.6 Å². The third-order valence-corrected chi connectivity index (χ3v) is 6.47. The molecule has 36 heavy (non-hydrogen) atoms. The molecule has 4 aromatic rings. The average Bonchev–Trinajstić information content (AvgIpc) is 2.84. The van der Waals surface area contributed by atoms with Crippen LogP contribution in [-0.2, 0) is 0 Å². The van der Waals surface area contributed by atoms with Gasteiger partial charge in [-0.25, -0.2) is 38.1 Å². The summed E-state index contributed by atoms with van der Waals surface area (Å²) < 4.78 is 41.4. The highest BCUT2D eigenvalue weighted by atomic mass is 19.3. The number of alkyl halides is 2. The maximum atomic E-state index is 15.1. The van der Waals surface area contributed by atoms with E-state index in [9.17, 15) is 8.78 Å². The molecule has 0 spiro atoms. The van der Waals surface area contributed by atoms with Gasteiger partial charge < -0.3 is 9.80 Å². The molecule has 10 heteroatoms. The number of hydrogen-bond donors (Lipinski definition) is 0. The van der Waals surface area contributed by atoms with Gasteiger partial charge in [-0.05, 0) is 52.1 Å².